The Kier molecular flexibility index (Phi) is 4.96. The highest BCUT2D eigenvalue weighted by atomic mass is 19.1. The number of likely N-dealkylation sites (N-methyl/N-ethyl adjacent to an activating group) is 1. The standard InChI is InChI=1S/C20H20FN5O3/c1-25-19(28)15-3-2-6-26(18(15)20(25)29)11-17(27)24-16-5-4-12(9-23-16)13-7-14(21)10-22-8-13/h5,7-10,12H,2-4,6,11H2,1H3,(H,24,27). The Balaban J connectivity index is 1.38. The number of aliphatic imine (C=N–C) groups is 1. The molecule has 150 valence electrons. The van der Waals surface area contributed by atoms with Gasteiger partial charge in [-0.3, -0.25) is 24.3 Å². The molecule has 0 bridgehead atoms. The molecule has 0 spiro atoms. The molecule has 0 saturated heterocycles. The van der Waals surface area contributed by atoms with Gasteiger partial charge in [0, 0.05) is 37.5 Å². The third kappa shape index (κ3) is 3.67. The van der Waals surface area contributed by atoms with Gasteiger partial charge >= 0.3 is 0 Å². The molecule has 4 rings (SSSR count). The summed E-state index contributed by atoms with van der Waals surface area (Å²) in [5.74, 6) is -1.06. The van der Waals surface area contributed by atoms with Crippen LogP contribution in [0.2, 0.25) is 0 Å². The fourth-order valence-corrected chi connectivity index (χ4v) is 3.77. The van der Waals surface area contributed by atoms with Crippen molar-refractivity contribution in [1.29, 1.82) is 0 Å². The lowest BCUT2D eigenvalue weighted by atomic mass is 9.97. The van der Waals surface area contributed by atoms with Gasteiger partial charge in [-0.15, -0.1) is 0 Å². The second-order valence-corrected chi connectivity index (χ2v) is 7.22. The van der Waals surface area contributed by atoms with E-state index in [1.54, 1.807) is 23.4 Å². The van der Waals surface area contributed by atoms with E-state index in [4.69, 9.17) is 0 Å². The molecule has 1 atom stereocenters. The van der Waals surface area contributed by atoms with Crippen molar-refractivity contribution in [1.82, 2.24) is 20.1 Å². The second-order valence-electron chi connectivity index (χ2n) is 7.22. The summed E-state index contributed by atoms with van der Waals surface area (Å²) < 4.78 is 13.3. The Hall–Kier alpha value is -3.36. The largest absolute Gasteiger partial charge is 0.357 e. The van der Waals surface area contributed by atoms with Gasteiger partial charge in [0.25, 0.3) is 11.8 Å². The van der Waals surface area contributed by atoms with Gasteiger partial charge in [-0.25, -0.2) is 9.38 Å². The number of aromatic nitrogens is 1. The van der Waals surface area contributed by atoms with E-state index in [0.717, 1.165) is 16.7 Å². The Morgan fingerprint density at radius 3 is 2.86 bits per heavy atom. The highest BCUT2D eigenvalue weighted by Crippen LogP contribution is 2.30. The maximum Gasteiger partial charge on any atom is 0.277 e. The number of hydrogen-bond donors (Lipinski definition) is 1. The molecule has 1 aromatic rings. The molecule has 1 aromatic heterocycles. The minimum atomic E-state index is -0.403. The molecule has 0 radical (unpaired) electrons. The topological polar surface area (TPSA) is 95.0 Å². The normalized spacial score (nSPS) is 21.4. The van der Waals surface area contributed by atoms with E-state index in [9.17, 15) is 18.8 Å². The van der Waals surface area contributed by atoms with Gasteiger partial charge in [0.1, 0.15) is 17.3 Å². The van der Waals surface area contributed by atoms with Crippen molar-refractivity contribution in [3.8, 4) is 0 Å². The summed E-state index contributed by atoms with van der Waals surface area (Å²) in [5.41, 5.74) is 1.54. The average molecular weight is 397 g/mol. The van der Waals surface area contributed by atoms with Crippen LogP contribution in [0.1, 0.15) is 30.7 Å². The van der Waals surface area contributed by atoms with Crippen LogP contribution in [0.5, 0.6) is 0 Å². The van der Waals surface area contributed by atoms with Crippen LogP contribution in [0.15, 0.2) is 46.6 Å². The zero-order chi connectivity index (χ0) is 20.5. The molecular formula is C20H20FN5O3. The van der Waals surface area contributed by atoms with E-state index in [0.29, 0.717) is 42.9 Å². The number of carbonyl (C=O) groups excluding carboxylic acids is 3. The predicted molar refractivity (Wildman–Crippen MR) is 102 cm³/mol. The van der Waals surface area contributed by atoms with E-state index in [-0.39, 0.29) is 30.2 Å². The molecule has 29 heavy (non-hydrogen) atoms. The van der Waals surface area contributed by atoms with E-state index in [1.807, 2.05) is 0 Å². The minimum absolute atomic E-state index is 0.0319. The van der Waals surface area contributed by atoms with Gasteiger partial charge in [0.05, 0.1) is 12.7 Å². The fraction of sp³-hybridized carbons (Fsp3) is 0.350. The molecule has 3 aliphatic rings. The van der Waals surface area contributed by atoms with Crippen molar-refractivity contribution in [3.63, 3.8) is 0 Å². The number of amides is 3. The highest BCUT2D eigenvalue weighted by molar-refractivity contribution is 6.19. The molecule has 1 N–H and O–H groups in total. The lowest BCUT2D eigenvalue weighted by Crippen LogP contribution is -2.40. The second kappa shape index (κ2) is 7.57. The summed E-state index contributed by atoms with van der Waals surface area (Å²) in [6.45, 7) is 0.506. The van der Waals surface area contributed by atoms with Crippen molar-refractivity contribution in [3.05, 3.63) is 53.0 Å². The van der Waals surface area contributed by atoms with Gasteiger partial charge in [0.15, 0.2) is 0 Å². The minimum Gasteiger partial charge on any atom is -0.357 e. The first-order valence-corrected chi connectivity index (χ1v) is 9.39. The Morgan fingerprint density at radius 2 is 2.14 bits per heavy atom. The van der Waals surface area contributed by atoms with Gasteiger partial charge < -0.3 is 10.2 Å². The summed E-state index contributed by atoms with van der Waals surface area (Å²) in [6, 6.07) is 1.42. The van der Waals surface area contributed by atoms with Crippen molar-refractivity contribution in [2.45, 2.75) is 25.2 Å². The summed E-state index contributed by atoms with van der Waals surface area (Å²) in [4.78, 5) is 47.8. The summed E-state index contributed by atoms with van der Waals surface area (Å²) in [5, 5.41) is 2.73. The third-order valence-corrected chi connectivity index (χ3v) is 5.24. The number of nitrogens with one attached hydrogen (secondary N) is 1. The van der Waals surface area contributed by atoms with Crippen LogP contribution in [0, 0.1) is 5.82 Å². The zero-order valence-corrected chi connectivity index (χ0v) is 15.9. The number of allylic oxidation sites excluding steroid dienone is 1. The number of hydrogen-bond acceptors (Lipinski definition) is 6. The first kappa shape index (κ1) is 19.0. The smallest absolute Gasteiger partial charge is 0.277 e. The lowest BCUT2D eigenvalue weighted by Gasteiger charge is -2.28. The quantitative estimate of drug-likeness (QED) is 0.768. The molecule has 0 fully saturated rings. The summed E-state index contributed by atoms with van der Waals surface area (Å²) in [6.07, 6.45) is 7.98. The molecule has 0 aliphatic carbocycles. The number of rotatable bonds is 4. The number of halogens is 1. The van der Waals surface area contributed by atoms with Crippen LogP contribution in [0.3, 0.4) is 0 Å². The Bertz CT molecular complexity index is 984. The summed E-state index contributed by atoms with van der Waals surface area (Å²) >= 11 is 0. The molecule has 1 unspecified atom stereocenters. The molecular weight excluding hydrogens is 377 g/mol. The van der Waals surface area contributed by atoms with Gasteiger partial charge in [0.2, 0.25) is 5.91 Å². The number of nitrogens with zero attached hydrogens (tertiary/aromatic N) is 4. The van der Waals surface area contributed by atoms with Crippen molar-refractivity contribution in [2.75, 3.05) is 20.1 Å². The van der Waals surface area contributed by atoms with Gasteiger partial charge in [-0.1, -0.05) is 0 Å². The number of carbonyl (C=O) groups is 3. The van der Waals surface area contributed by atoms with Gasteiger partial charge in [-0.05, 0) is 37.0 Å². The molecule has 3 amide bonds. The monoisotopic (exact) mass is 397 g/mol. The first-order chi connectivity index (χ1) is 13.9. The van der Waals surface area contributed by atoms with E-state index in [2.05, 4.69) is 15.3 Å². The van der Waals surface area contributed by atoms with Crippen molar-refractivity contribution < 1.29 is 18.8 Å². The van der Waals surface area contributed by atoms with Crippen LogP contribution in [0.25, 0.3) is 0 Å². The van der Waals surface area contributed by atoms with Crippen molar-refractivity contribution >= 4 is 23.9 Å². The van der Waals surface area contributed by atoms with E-state index >= 15 is 0 Å². The fourth-order valence-electron chi connectivity index (χ4n) is 3.77. The van der Waals surface area contributed by atoms with Crippen LogP contribution in [-0.4, -0.2) is 58.9 Å². The Labute approximate surface area is 166 Å². The average Bonchev–Trinajstić information content (AvgIpc) is 2.93. The molecule has 8 nitrogen and oxygen atoms in total. The van der Waals surface area contributed by atoms with Crippen molar-refractivity contribution in [2.24, 2.45) is 4.99 Å². The molecule has 0 saturated carbocycles. The maximum absolute atomic E-state index is 13.3. The molecule has 3 aliphatic heterocycles. The van der Waals surface area contributed by atoms with Crippen LogP contribution in [0.4, 0.5) is 4.39 Å². The van der Waals surface area contributed by atoms with E-state index < -0.39 is 5.82 Å². The summed E-state index contributed by atoms with van der Waals surface area (Å²) in [7, 11) is 1.45. The SMILES string of the molecule is CN1C(=O)C2=C(C1=O)N(CC(=O)NC1=CCC(c3cncc(F)c3)C=N1)CCC2. The maximum atomic E-state index is 13.3. The van der Waals surface area contributed by atoms with Gasteiger partial charge in [-0.2, -0.15) is 0 Å². The first-order valence-electron chi connectivity index (χ1n) is 9.39. The predicted octanol–water partition coefficient (Wildman–Crippen LogP) is 1.08. The number of pyridine rings is 1. The molecule has 4 heterocycles. The van der Waals surface area contributed by atoms with E-state index in [1.165, 1.54) is 13.1 Å². The lowest BCUT2D eigenvalue weighted by molar-refractivity contribution is -0.136. The van der Waals surface area contributed by atoms with Crippen LogP contribution < -0.4 is 5.32 Å². The zero-order valence-electron chi connectivity index (χ0n) is 15.9. The van der Waals surface area contributed by atoms with Crippen LogP contribution >= 0.6 is 0 Å². The van der Waals surface area contributed by atoms with Crippen LogP contribution in [-0.2, 0) is 14.4 Å². The third-order valence-electron chi connectivity index (χ3n) is 5.24. The number of imide groups is 1. The molecule has 0 aromatic carbocycles. The molecule has 9 heteroatoms. The Morgan fingerprint density at radius 1 is 1.31 bits per heavy atom. The highest BCUT2D eigenvalue weighted by Gasteiger charge is 2.40.